The summed E-state index contributed by atoms with van der Waals surface area (Å²) in [6, 6.07) is 5.97. The molecule has 0 aliphatic carbocycles. The maximum Gasteiger partial charge on any atom is 0.161 e. The summed E-state index contributed by atoms with van der Waals surface area (Å²) in [4.78, 5) is 0. The number of nitrogens with two attached hydrogens (primary N) is 1. The molecule has 0 aliphatic heterocycles. The molecule has 0 unspecified atom stereocenters. The van der Waals surface area contributed by atoms with Crippen LogP contribution >= 0.6 is 0 Å². The van der Waals surface area contributed by atoms with E-state index in [2.05, 4.69) is 12.1 Å². The number of hydrogen-bond acceptors (Lipinski definition) is 4. The van der Waals surface area contributed by atoms with Crippen LogP contribution in [0.25, 0.3) is 0 Å². The predicted molar refractivity (Wildman–Crippen MR) is 84.3 cm³/mol. The average molecular weight is 294 g/mol. The van der Waals surface area contributed by atoms with E-state index in [4.69, 9.17) is 20.4 Å². The highest BCUT2D eigenvalue weighted by Gasteiger charge is 2.23. The molecule has 0 aliphatic rings. The Hall–Kier alpha value is -1.91. The third-order valence-electron chi connectivity index (χ3n) is 3.64. The van der Waals surface area contributed by atoms with Gasteiger partial charge < -0.3 is 20.4 Å². The molecule has 5 heteroatoms. The first-order valence-electron chi connectivity index (χ1n) is 7.22. The van der Waals surface area contributed by atoms with E-state index in [1.807, 2.05) is 32.0 Å². The largest absolute Gasteiger partial charge is 0.493 e. The van der Waals surface area contributed by atoms with E-state index in [1.165, 1.54) is 5.56 Å². The maximum atomic E-state index is 8.74. The summed E-state index contributed by atoms with van der Waals surface area (Å²) >= 11 is 0. The highest BCUT2D eigenvalue weighted by molar-refractivity contribution is 5.85. The molecular formula is C16H26N2O3. The van der Waals surface area contributed by atoms with Gasteiger partial charge in [-0.15, -0.1) is 0 Å². The van der Waals surface area contributed by atoms with Crippen molar-refractivity contribution in [1.29, 1.82) is 0 Å². The van der Waals surface area contributed by atoms with E-state index in [0.29, 0.717) is 6.61 Å². The second-order valence-electron chi connectivity index (χ2n) is 5.66. The monoisotopic (exact) mass is 294 g/mol. The number of amidine groups is 1. The number of hydrogen-bond donors (Lipinski definition) is 2. The second-order valence-corrected chi connectivity index (χ2v) is 5.66. The van der Waals surface area contributed by atoms with Gasteiger partial charge in [-0.2, -0.15) is 0 Å². The topological polar surface area (TPSA) is 77.1 Å². The van der Waals surface area contributed by atoms with Gasteiger partial charge in [-0.05, 0) is 37.0 Å². The van der Waals surface area contributed by atoms with Crippen LogP contribution in [0.15, 0.2) is 23.4 Å². The van der Waals surface area contributed by atoms with Crippen molar-refractivity contribution in [3.8, 4) is 11.5 Å². The Morgan fingerprint density at radius 2 is 2.05 bits per heavy atom. The van der Waals surface area contributed by atoms with Crippen LogP contribution in [-0.2, 0) is 6.42 Å². The number of nitrogens with zero attached hydrogens (tertiary/aromatic N) is 1. The molecule has 0 atom stereocenters. The first kappa shape index (κ1) is 17.1. The van der Waals surface area contributed by atoms with Crippen molar-refractivity contribution >= 4 is 5.84 Å². The fraction of sp³-hybridized carbons (Fsp3) is 0.562. The molecule has 0 radical (unpaired) electrons. The van der Waals surface area contributed by atoms with Crippen LogP contribution in [0.2, 0.25) is 0 Å². The van der Waals surface area contributed by atoms with Crippen molar-refractivity contribution in [2.75, 3.05) is 13.7 Å². The Bertz CT molecular complexity index is 484. The third kappa shape index (κ3) is 4.85. The van der Waals surface area contributed by atoms with Crippen LogP contribution in [0.3, 0.4) is 0 Å². The maximum absolute atomic E-state index is 8.74. The van der Waals surface area contributed by atoms with E-state index in [0.717, 1.165) is 30.8 Å². The first-order valence-corrected chi connectivity index (χ1v) is 7.22. The van der Waals surface area contributed by atoms with Crippen molar-refractivity contribution in [3.05, 3.63) is 23.8 Å². The molecule has 0 amide bonds. The molecule has 0 spiro atoms. The van der Waals surface area contributed by atoms with E-state index in [-0.39, 0.29) is 11.3 Å². The van der Waals surface area contributed by atoms with Crippen LogP contribution in [0.5, 0.6) is 11.5 Å². The van der Waals surface area contributed by atoms with Crippen molar-refractivity contribution in [2.45, 2.75) is 40.0 Å². The fourth-order valence-electron chi connectivity index (χ4n) is 2.01. The molecule has 21 heavy (non-hydrogen) atoms. The number of benzene rings is 1. The van der Waals surface area contributed by atoms with Crippen molar-refractivity contribution < 1.29 is 14.7 Å². The van der Waals surface area contributed by atoms with E-state index >= 15 is 0 Å². The van der Waals surface area contributed by atoms with Gasteiger partial charge in [0, 0.05) is 5.41 Å². The highest BCUT2D eigenvalue weighted by Crippen LogP contribution is 2.29. The molecule has 1 aromatic carbocycles. The van der Waals surface area contributed by atoms with Crippen LogP contribution in [0.1, 0.15) is 39.2 Å². The number of aryl methyl sites for hydroxylation is 1. The zero-order valence-electron chi connectivity index (χ0n) is 13.3. The van der Waals surface area contributed by atoms with E-state index in [1.54, 1.807) is 7.11 Å². The van der Waals surface area contributed by atoms with Crippen molar-refractivity contribution in [1.82, 2.24) is 0 Å². The van der Waals surface area contributed by atoms with Gasteiger partial charge in [0.2, 0.25) is 0 Å². The Morgan fingerprint density at radius 1 is 1.33 bits per heavy atom. The van der Waals surface area contributed by atoms with Crippen LogP contribution in [0, 0.1) is 5.41 Å². The van der Waals surface area contributed by atoms with Crippen molar-refractivity contribution in [3.63, 3.8) is 0 Å². The lowest BCUT2D eigenvalue weighted by atomic mass is 9.87. The molecule has 0 saturated carbocycles. The Morgan fingerprint density at radius 3 is 2.62 bits per heavy atom. The fourth-order valence-corrected chi connectivity index (χ4v) is 2.01. The molecule has 0 fully saturated rings. The standard InChI is InChI=1S/C16H26N2O3/c1-5-12-7-8-13(14(11-12)20-4)21-10-6-9-16(2,3)15(17)18-19/h7-8,11,19H,5-6,9-10H2,1-4H3,(H2,17,18). The zero-order valence-corrected chi connectivity index (χ0v) is 13.3. The second kappa shape index (κ2) is 7.76. The van der Waals surface area contributed by atoms with Gasteiger partial charge in [-0.1, -0.05) is 32.0 Å². The number of rotatable bonds is 8. The van der Waals surface area contributed by atoms with Gasteiger partial charge in [0.1, 0.15) is 5.84 Å². The van der Waals surface area contributed by atoms with Crippen molar-refractivity contribution in [2.24, 2.45) is 16.3 Å². The molecular weight excluding hydrogens is 268 g/mol. The molecule has 0 heterocycles. The van der Waals surface area contributed by atoms with Gasteiger partial charge in [-0.3, -0.25) is 0 Å². The normalized spacial score (nSPS) is 12.3. The minimum atomic E-state index is -0.339. The minimum absolute atomic E-state index is 0.243. The van der Waals surface area contributed by atoms with Crippen LogP contribution in [0.4, 0.5) is 0 Å². The zero-order chi connectivity index (χ0) is 15.9. The van der Waals surface area contributed by atoms with Crippen LogP contribution < -0.4 is 15.2 Å². The number of ether oxygens (including phenoxy) is 2. The Labute approximate surface area is 126 Å². The average Bonchev–Trinajstić information content (AvgIpc) is 2.50. The lowest BCUT2D eigenvalue weighted by molar-refractivity contribution is 0.266. The summed E-state index contributed by atoms with van der Waals surface area (Å²) in [6.45, 7) is 6.55. The number of oxime groups is 1. The van der Waals surface area contributed by atoms with Gasteiger partial charge in [0.25, 0.3) is 0 Å². The highest BCUT2D eigenvalue weighted by atomic mass is 16.5. The van der Waals surface area contributed by atoms with E-state index in [9.17, 15) is 0 Å². The van der Waals surface area contributed by atoms with Gasteiger partial charge >= 0.3 is 0 Å². The smallest absolute Gasteiger partial charge is 0.161 e. The first-order chi connectivity index (χ1) is 9.94. The summed E-state index contributed by atoms with van der Waals surface area (Å²) in [5.41, 5.74) is 6.54. The Kier molecular flexibility index (Phi) is 6.34. The minimum Gasteiger partial charge on any atom is -0.493 e. The Balaban J connectivity index is 2.53. The lowest BCUT2D eigenvalue weighted by Crippen LogP contribution is -2.32. The predicted octanol–water partition coefficient (Wildman–Crippen LogP) is 3.19. The van der Waals surface area contributed by atoms with Gasteiger partial charge in [-0.25, -0.2) is 0 Å². The third-order valence-corrected chi connectivity index (χ3v) is 3.64. The summed E-state index contributed by atoms with van der Waals surface area (Å²) < 4.78 is 11.1. The van der Waals surface area contributed by atoms with E-state index < -0.39 is 0 Å². The molecule has 3 N–H and O–H groups in total. The summed E-state index contributed by atoms with van der Waals surface area (Å²) in [5, 5.41) is 11.8. The SMILES string of the molecule is CCc1ccc(OCCCC(C)(C)/C(N)=N/O)c(OC)c1. The molecule has 0 bridgehead atoms. The summed E-state index contributed by atoms with van der Waals surface area (Å²) in [6.07, 6.45) is 2.55. The molecule has 5 nitrogen and oxygen atoms in total. The molecule has 0 saturated heterocycles. The summed E-state index contributed by atoms with van der Waals surface area (Å²) in [7, 11) is 1.64. The lowest BCUT2D eigenvalue weighted by Gasteiger charge is -2.22. The van der Waals surface area contributed by atoms with Gasteiger partial charge in [0.15, 0.2) is 11.5 Å². The molecule has 1 rings (SSSR count). The van der Waals surface area contributed by atoms with Gasteiger partial charge in [0.05, 0.1) is 13.7 Å². The summed E-state index contributed by atoms with van der Waals surface area (Å²) in [5.74, 6) is 1.74. The molecule has 118 valence electrons. The quantitative estimate of drug-likeness (QED) is 0.254. The molecule has 0 aromatic heterocycles. The number of methoxy groups -OCH3 is 1. The van der Waals surface area contributed by atoms with Crippen LogP contribution in [-0.4, -0.2) is 24.8 Å². The molecule has 1 aromatic rings.